The number of hydrogen-bond donors (Lipinski definition) is 4. The highest BCUT2D eigenvalue weighted by Crippen LogP contribution is 2.35. The average molecular weight is 535 g/mol. The van der Waals surface area contributed by atoms with Gasteiger partial charge in [-0.2, -0.15) is 13.2 Å². The first kappa shape index (κ1) is 29.2. The Morgan fingerprint density at radius 3 is 2.42 bits per heavy atom. The number of halogens is 3. The molecule has 0 atom stereocenters. The van der Waals surface area contributed by atoms with Gasteiger partial charge in [-0.05, 0) is 63.8 Å². The number of anilines is 2. The second-order valence-corrected chi connectivity index (χ2v) is 9.79. The first-order valence-corrected chi connectivity index (χ1v) is 12.8. The Bertz CT molecular complexity index is 1230. The summed E-state index contributed by atoms with van der Waals surface area (Å²) in [5.41, 5.74) is 4.77. The topological polar surface area (TPSA) is 104 Å². The number of nitrogens with one attached hydrogen (secondary N) is 4. The Morgan fingerprint density at radius 1 is 1.24 bits per heavy atom. The number of aromatic amines is 1. The van der Waals surface area contributed by atoms with Crippen molar-refractivity contribution in [1.82, 2.24) is 15.2 Å². The van der Waals surface area contributed by atoms with Gasteiger partial charge in [0, 0.05) is 79.2 Å². The van der Waals surface area contributed by atoms with Gasteiger partial charge in [0.1, 0.15) is 0 Å². The predicted octanol–water partition coefficient (Wildman–Crippen LogP) is 4.12. The number of likely N-dealkylation sites (tertiary alicyclic amines) is 1. The zero-order valence-corrected chi connectivity index (χ0v) is 22.6. The lowest BCUT2D eigenvalue weighted by Crippen LogP contribution is -2.47. The largest absolute Gasteiger partial charge is 0.401 e. The molecule has 1 aliphatic rings. The van der Waals surface area contributed by atoms with E-state index in [1.807, 2.05) is 19.9 Å². The highest BCUT2D eigenvalue weighted by Gasteiger charge is 2.34. The van der Waals surface area contributed by atoms with Crippen molar-refractivity contribution in [2.24, 2.45) is 0 Å². The molecule has 8 nitrogen and oxygen atoms in total. The molecule has 1 saturated heterocycles. The Hall–Kier alpha value is -3.34. The van der Waals surface area contributed by atoms with Gasteiger partial charge >= 0.3 is 6.18 Å². The van der Waals surface area contributed by atoms with Crippen molar-refractivity contribution >= 4 is 23.5 Å². The number of aromatic nitrogens is 1. The number of benzene rings is 1. The molecule has 0 bridgehead atoms. The van der Waals surface area contributed by atoms with E-state index < -0.39 is 12.7 Å². The molecule has 38 heavy (non-hydrogen) atoms. The number of rotatable bonds is 9. The van der Waals surface area contributed by atoms with Crippen molar-refractivity contribution < 1.29 is 18.0 Å². The van der Waals surface area contributed by atoms with Gasteiger partial charge in [-0.1, -0.05) is 0 Å². The lowest BCUT2D eigenvalue weighted by Gasteiger charge is -2.40. The molecule has 0 radical (unpaired) electrons. The minimum absolute atomic E-state index is 0.0275. The first-order chi connectivity index (χ1) is 17.9. The van der Waals surface area contributed by atoms with Crippen LogP contribution in [0.25, 0.3) is 0 Å². The quantitative estimate of drug-likeness (QED) is 0.363. The van der Waals surface area contributed by atoms with Gasteiger partial charge in [0.15, 0.2) is 0 Å². The summed E-state index contributed by atoms with van der Waals surface area (Å²) in [7, 11) is 1.72. The lowest BCUT2D eigenvalue weighted by molar-refractivity contribution is -0.147. The lowest BCUT2D eigenvalue weighted by atomic mass is 9.95. The minimum Gasteiger partial charge on any atom is -0.387 e. The maximum Gasteiger partial charge on any atom is 0.401 e. The van der Waals surface area contributed by atoms with Gasteiger partial charge in [-0.3, -0.25) is 14.5 Å². The van der Waals surface area contributed by atoms with E-state index in [2.05, 4.69) is 20.5 Å². The van der Waals surface area contributed by atoms with Crippen LogP contribution in [-0.2, 0) is 6.54 Å². The summed E-state index contributed by atoms with van der Waals surface area (Å²) in [6.07, 6.45) is -1.90. The number of alkyl halides is 3. The van der Waals surface area contributed by atoms with Crippen LogP contribution < -0.4 is 21.1 Å². The molecular weight excluding hydrogens is 497 g/mol. The summed E-state index contributed by atoms with van der Waals surface area (Å²) in [5, 5.41) is 14.1. The maximum absolute atomic E-state index is 13.4. The van der Waals surface area contributed by atoms with Crippen LogP contribution in [0.3, 0.4) is 0 Å². The first-order valence-electron chi connectivity index (χ1n) is 12.8. The molecule has 1 aliphatic heterocycles. The fraction of sp³-hybridized carbons (Fsp3) is 0.519. The standard InChI is InChI=1S/C27H37F3N6O2/c1-6-36(19-7-9-35(10-8-19)15-27(28,29)30)23-12-20(18(4)24(32-5)21(23)13-31)25(37)33-14-22-16(2)11-17(3)34-26(22)38/h11-13,19,31-32H,6-10,14-15H2,1-5H3,(H,33,37)(H,34,38). The molecule has 0 saturated carbocycles. The SMILES string of the molecule is CCN(c1cc(C(=O)NCc2c(C)cc(C)[nH]c2=O)c(C)c(NC)c1C=N)C1CCN(CC(F)(F)F)CC1. The molecule has 11 heteroatoms. The molecule has 1 amide bonds. The fourth-order valence-electron chi connectivity index (χ4n) is 5.36. The van der Waals surface area contributed by atoms with E-state index >= 15 is 0 Å². The summed E-state index contributed by atoms with van der Waals surface area (Å²) in [4.78, 5) is 32.0. The number of piperidine rings is 1. The average Bonchev–Trinajstić information content (AvgIpc) is 2.84. The number of nitrogens with zero attached hydrogens (tertiary/aromatic N) is 2. The van der Waals surface area contributed by atoms with Crippen LogP contribution >= 0.6 is 0 Å². The van der Waals surface area contributed by atoms with Gasteiger partial charge in [-0.25, -0.2) is 0 Å². The van der Waals surface area contributed by atoms with Crippen LogP contribution in [0.4, 0.5) is 24.5 Å². The normalized spacial score (nSPS) is 14.8. The Kier molecular flexibility index (Phi) is 9.24. The molecule has 1 aromatic heterocycles. The number of amides is 1. The molecule has 1 aromatic carbocycles. The monoisotopic (exact) mass is 534 g/mol. The molecular formula is C27H37F3N6O2. The van der Waals surface area contributed by atoms with Gasteiger partial charge in [0.25, 0.3) is 11.5 Å². The third kappa shape index (κ3) is 6.56. The summed E-state index contributed by atoms with van der Waals surface area (Å²) in [5.74, 6) is -0.354. The Labute approximate surface area is 221 Å². The smallest absolute Gasteiger partial charge is 0.387 e. The molecule has 0 aliphatic carbocycles. The van der Waals surface area contributed by atoms with Crippen LogP contribution in [-0.4, -0.2) is 67.5 Å². The summed E-state index contributed by atoms with van der Waals surface area (Å²) >= 11 is 0. The van der Waals surface area contributed by atoms with E-state index in [1.54, 1.807) is 27.0 Å². The summed E-state index contributed by atoms with van der Waals surface area (Å²) in [6, 6.07) is 3.58. The van der Waals surface area contributed by atoms with Crippen molar-refractivity contribution in [1.29, 1.82) is 5.41 Å². The number of H-pyrrole nitrogens is 1. The van der Waals surface area contributed by atoms with Crippen molar-refractivity contribution in [3.8, 4) is 0 Å². The van der Waals surface area contributed by atoms with Gasteiger partial charge in [-0.15, -0.1) is 0 Å². The molecule has 2 aromatic rings. The minimum atomic E-state index is -4.23. The van der Waals surface area contributed by atoms with Crippen LogP contribution in [0.1, 0.15) is 58.1 Å². The molecule has 3 rings (SSSR count). The van der Waals surface area contributed by atoms with Crippen molar-refractivity contribution in [2.45, 2.75) is 59.3 Å². The number of hydrogen-bond acceptors (Lipinski definition) is 6. The van der Waals surface area contributed by atoms with E-state index in [1.165, 1.54) is 11.1 Å². The second-order valence-electron chi connectivity index (χ2n) is 9.79. The molecule has 0 spiro atoms. The third-order valence-corrected chi connectivity index (χ3v) is 7.21. The zero-order chi connectivity index (χ0) is 28.2. The molecule has 2 heterocycles. The van der Waals surface area contributed by atoms with Crippen LogP contribution in [0, 0.1) is 26.2 Å². The van der Waals surface area contributed by atoms with Crippen molar-refractivity contribution in [3.05, 3.63) is 56.0 Å². The molecule has 4 N–H and O–H groups in total. The summed E-state index contributed by atoms with van der Waals surface area (Å²) in [6.45, 7) is 7.73. The number of pyridine rings is 1. The van der Waals surface area contributed by atoms with Gasteiger partial charge in [0.2, 0.25) is 0 Å². The highest BCUT2D eigenvalue weighted by molar-refractivity contribution is 6.03. The second kappa shape index (κ2) is 12.0. The van der Waals surface area contributed by atoms with E-state index in [4.69, 9.17) is 5.41 Å². The Balaban J connectivity index is 1.91. The summed E-state index contributed by atoms with van der Waals surface area (Å²) < 4.78 is 38.6. The van der Waals surface area contributed by atoms with Crippen LogP contribution in [0.15, 0.2) is 16.9 Å². The van der Waals surface area contributed by atoms with E-state index in [9.17, 15) is 22.8 Å². The van der Waals surface area contributed by atoms with Gasteiger partial charge in [0.05, 0.1) is 6.54 Å². The van der Waals surface area contributed by atoms with Gasteiger partial charge < -0.3 is 25.9 Å². The number of carbonyl (C=O) groups excluding carboxylic acids is 1. The Morgan fingerprint density at radius 2 is 1.89 bits per heavy atom. The van der Waals surface area contributed by atoms with E-state index in [-0.39, 0.29) is 24.1 Å². The van der Waals surface area contributed by atoms with Crippen LogP contribution in [0.2, 0.25) is 0 Å². The molecule has 0 unspecified atom stereocenters. The fourth-order valence-corrected chi connectivity index (χ4v) is 5.36. The van der Waals surface area contributed by atoms with Crippen molar-refractivity contribution in [2.75, 3.05) is 43.4 Å². The zero-order valence-electron chi connectivity index (χ0n) is 22.6. The predicted molar refractivity (Wildman–Crippen MR) is 145 cm³/mol. The van der Waals surface area contributed by atoms with Crippen molar-refractivity contribution in [3.63, 3.8) is 0 Å². The third-order valence-electron chi connectivity index (χ3n) is 7.21. The van der Waals surface area contributed by atoms with E-state index in [0.29, 0.717) is 66.1 Å². The maximum atomic E-state index is 13.4. The highest BCUT2D eigenvalue weighted by atomic mass is 19.4. The number of aryl methyl sites for hydroxylation is 2. The number of carbonyl (C=O) groups is 1. The molecule has 208 valence electrons. The van der Waals surface area contributed by atoms with E-state index in [0.717, 1.165) is 11.3 Å². The van der Waals surface area contributed by atoms with Crippen LogP contribution in [0.5, 0.6) is 0 Å². The molecule has 1 fully saturated rings.